The maximum Gasteiger partial charge on any atom is 0.151 e. The molecule has 4 nitrogen and oxygen atoms in total. The molecule has 1 aromatic rings. The molecule has 0 bridgehead atoms. The van der Waals surface area contributed by atoms with Gasteiger partial charge >= 0.3 is 0 Å². The van der Waals surface area contributed by atoms with E-state index in [-0.39, 0.29) is 5.25 Å². The number of benzene rings is 1. The van der Waals surface area contributed by atoms with Gasteiger partial charge in [0.1, 0.15) is 5.75 Å². The highest BCUT2D eigenvalue weighted by Crippen LogP contribution is 2.08. The summed E-state index contributed by atoms with van der Waals surface area (Å²) < 4.78 is 28.2. The third-order valence-corrected chi connectivity index (χ3v) is 4.61. The van der Waals surface area contributed by atoms with E-state index in [9.17, 15) is 8.42 Å². The molecule has 1 rings (SSSR count). The smallest absolute Gasteiger partial charge is 0.151 e. The molecule has 19 heavy (non-hydrogen) atoms. The Morgan fingerprint density at radius 3 is 2.47 bits per heavy atom. The second-order valence-corrected chi connectivity index (χ2v) is 7.38. The van der Waals surface area contributed by atoms with E-state index in [1.165, 1.54) is 6.26 Å². The van der Waals surface area contributed by atoms with Gasteiger partial charge in [-0.25, -0.2) is 8.42 Å². The van der Waals surface area contributed by atoms with E-state index in [4.69, 9.17) is 4.74 Å². The maximum absolute atomic E-state index is 11.3. The van der Waals surface area contributed by atoms with Crippen LogP contribution in [-0.2, 0) is 9.84 Å². The van der Waals surface area contributed by atoms with E-state index in [0.717, 1.165) is 18.7 Å². The zero-order chi connectivity index (χ0) is 14.3. The molecule has 0 saturated carbocycles. The fourth-order valence-electron chi connectivity index (χ4n) is 1.71. The average Bonchev–Trinajstić information content (AvgIpc) is 2.35. The normalized spacial score (nSPS) is 13.5. The van der Waals surface area contributed by atoms with Crippen LogP contribution >= 0.6 is 0 Å². The first-order valence-electron chi connectivity index (χ1n) is 6.45. The molecule has 0 saturated heterocycles. The lowest BCUT2D eigenvalue weighted by Gasteiger charge is -2.20. The van der Waals surface area contributed by atoms with Crippen LogP contribution in [0.4, 0.5) is 0 Å². The van der Waals surface area contributed by atoms with Gasteiger partial charge in [-0.05, 0) is 32.5 Å². The minimum Gasteiger partial charge on any atom is -0.494 e. The minimum atomic E-state index is -2.94. The Morgan fingerprint density at radius 1 is 1.26 bits per heavy atom. The van der Waals surface area contributed by atoms with Crippen molar-refractivity contribution < 1.29 is 13.2 Å². The van der Waals surface area contributed by atoms with Gasteiger partial charge in [0.25, 0.3) is 0 Å². The molecule has 0 aliphatic heterocycles. The third kappa shape index (κ3) is 6.59. The number of sulfone groups is 1. The van der Waals surface area contributed by atoms with E-state index in [1.54, 1.807) is 6.92 Å². The number of nitrogens with zero attached hydrogens (tertiary/aromatic N) is 1. The Kier molecular flexibility index (Phi) is 6.31. The van der Waals surface area contributed by atoms with Crippen LogP contribution in [-0.4, -0.2) is 51.6 Å². The van der Waals surface area contributed by atoms with Crippen molar-refractivity contribution in [2.24, 2.45) is 0 Å². The highest BCUT2D eigenvalue weighted by molar-refractivity contribution is 7.91. The topological polar surface area (TPSA) is 46.6 Å². The van der Waals surface area contributed by atoms with Crippen molar-refractivity contribution in [3.05, 3.63) is 30.3 Å². The molecule has 1 atom stereocenters. The van der Waals surface area contributed by atoms with E-state index in [0.29, 0.717) is 13.2 Å². The van der Waals surface area contributed by atoms with Crippen LogP contribution in [0, 0.1) is 0 Å². The minimum absolute atomic E-state index is 0.326. The summed E-state index contributed by atoms with van der Waals surface area (Å²) in [4.78, 5) is 2.03. The average molecular weight is 285 g/mol. The first kappa shape index (κ1) is 16.0. The maximum atomic E-state index is 11.3. The highest BCUT2D eigenvalue weighted by atomic mass is 32.2. The van der Waals surface area contributed by atoms with Gasteiger partial charge in [-0.2, -0.15) is 0 Å². The van der Waals surface area contributed by atoms with Gasteiger partial charge in [0.05, 0.1) is 11.9 Å². The lowest BCUT2D eigenvalue weighted by atomic mass is 10.3. The molecule has 0 spiro atoms. The Balaban J connectivity index is 2.19. The lowest BCUT2D eigenvalue weighted by molar-refractivity contribution is 0.263. The van der Waals surface area contributed by atoms with Gasteiger partial charge < -0.3 is 9.64 Å². The second kappa shape index (κ2) is 7.50. The SMILES string of the molecule is C[C@@H](CN(C)CCCOc1ccccc1)S(C)(=O)=O. The molecule has 0 radical (unpaired) electrons. The zero-order valence-electron chi connectivity index (χ0n) is 11.9. The largest absolute Gasteiger partial charge is 0.494 e. The molecular formula is C14H23NO3S. The van der Waals surface area contributed by atoms with Gasteiger partial charge in [-0.15, -0.1) is 0 Å². The molecule has 0 aliphatic rings. The summed E-state index contributed by atoms with van der Waals surface area (Å²) in [6.45, 7) is 3.77. The number of hydrogen-bond donors (Lipinski definition) is 0. The van der Waals surface area contributed by atoms with Crippen molar-refractivity contribution in [3.8, 4) is 5.75 Å². The van der Waals surface area contributed by atoms with Crippen molar-refractivity contribution in [2.45, 2.75) is 18.6 Å². The summed E-state index contributed by atoms with van der Waals surface area (Å²) in [5.74, 6) is 0.870. The molecule has 1 aromatic carbocycles. The van der Waals surface area contributed by atoms with Crippen LogP contribution in [0.25, 0.3) is 0 Å². The van der Waals surface area contributed by atoms with Gasteiger partial charge in [0.2, 0.25) is 0 Å². The van der Waals surface area contributed by atoms with Crippen molar-refractivity contribution in [2.75, 3.05) is 33.0 Å². The van der Waals surface area contributed by atoms with E-state index >= 15 is 0 Å². The molecule has 5 heteroatoms. The molecule has 0 aromatic heterocycles. The zero-order valence-corrected chi connectivity index (χ0v) is 12.7. The highest BCUT2D eigenvalue weighted by Gasteiger charge is 2.16. The summed E-state index contributed by atoms with van der Waals surface area (Å²) in [6.07, 6.45) is 2.16. The molecule has 0 unspecified atom stereocenters. The fourth-order valence-corrected chi connectivity index (χ4v) is 2.23. The van der Waals surface area contributed by atoms with Crippen LogP contribution in [0.3, 0.4) is 0 Å². The Labute approximate surface area is 116 Å². The lowest BCUT2D eigenvalue weighted by Crippen LogP contribution is -2.33. The van der Waals surface area contributed by atoms with Crippen LogP contribution in [0.2, 0.25) is 0 Å². The number of hydrogen-bond acceptors (Lipinski definition) is 4. The van der Waals surface area contributed by atoms with E-state index in [2.05, 4.69) is 0 Å². The number of rotatable bonds is 8. The van der Waals surface area contributed by atoms with E-state index < -0.39 is 9.84 Å². The van der Waals surface area contributed by atoms with Crippen molar-refractivity contribution in [3.63, 3.8) is 0 Å². The van der Waals surface area contributed by atoms with Crippen LogP contribution in [0.15, 0.2) is 30.3 Å². The first-order valence-corrected chi connectivity index (χ1v) is 8.40. The predicted molar refractivity (Wildman–Crippen MR) is 78.4 cm³/mol. The summed E-state index contributed by atoms with van der Waals surface area (Å²) in [6, 6.07) is 9.68. The van der Waals surface area contributed by atoms with Crippen LogP contribution in [0.5, 0.6) is 5.75 Å². The van der Waals surface area contributed by atoms with Crippen molar-refractivity contribution in [1.82, 2.24) is 4.90 Å². The summed E-state index contributed by atoms with van der Waals surface area (Å²) >= 11 is 0. The molecule has 0 N–H and O–H groups in total. The van der Waals surface area contributed by atoms with Crippen molar-refractivity contribution >= 4 is 9.84 Å². The second-order valence-electron chi connectivity index (χ2n) is 4.92. The standard InChI is InChI=1S/C14H23NO3S/c1-13(19(3,16)17)12-15(2)10-7-11-18-14-8-5-4-6-9-14/h4-6,8-9,13H,7,10-12H2,1-3H3/t13-/m0/s1. The quantitative estimate of drug-likeness (QED) is 0.684. The third-order valence-electron chi connectivity index (χ3n) is 3.00. The van der Waals surface area contributed by atoms with Gasteiger partial charge in [-0.3, -0.25) is 0 Å². The van der Waals surface area contributed by atoms with Crippen molar-refractivity contribution in [1.29, 1.82) is 0 Å². The van der Waals surface area contributed by atoms with Crippen LogP contribution < -0.4 is 4.74 Å². The van der Waals surface area contributed by atoms with Gasteiger partial charge in [0, 0.05) is 19.3 Å². The fraction of sp³-hybridized carbons (Fsp3) is 0.571. The number of ether oxygens (including phenoxy) is 1. The first-order chi connectivity index (χ1) is 8.89. The van der Waals surface area contributed by atoms with E-state index in [1.807, 2.05) is 42.3 Å². The Hall–Kier alpha value is -1.07. The molecule has 108 valence electrons. The summed E-state index contributed by atoms with van der Waals surface area (Å²) in [5.41, 5.74) is 0. The summed E-state index contributed by atoms with van der Waals surface area (Å²) in [5, 5.41) is -0.326. The number of para-hydroxylation sites is 1. The molecule has 0 heterocycles. The Bertz CT molecular complexity index is 459. The van der Waals surface area contributed by atoms with Gasteiger partial charge in [0.15, 0.2) is 9.84 Å². The Morgan fingerprint density at radius 2 is 1.89 bits per heavy atom. The van der Waals surface area contributed by atoms with Gasteiger partial charge in [-0.1, -0.05) is 18.2 Å². The molecule has 0 fully saturated rings. The van der Waals surface area contributed by atoms with Crippen LogP contribution in [0.1, 0.15) is 13.3 Å². The molecule has 0 aliphatic carbocycles. The molecular weight excluding hydrogens is 262 g/mol. The summed E-state index contributed by atoms with van der Waals surface area (Å²) in [7, 11) is -1.01. The predicted octanol–water partition coefficient (Wildman–Crippen LogP) is 1.82. The molecule has 0 amide bonds. The monoisotopic (exact) mass is 285 g/mol.